The van der Waals surface area contributed by atoms with Crippen LogP contribution in [0.4, 0.5) is 5.69 Å². The number of benzene rings is 1. The first-order chi connectivity index (χ1) is 8.62. The number of fused-ring (bicyclic) bond motifs is 1. The molecule has 0 bridgehead atoms. The molecular formula is C15H20N2S. The Morgan fingerprint density at radius 1 is 1.22 bits per heavy atom. The van der Waals surface area contributed by atoms with Gasteiger partial charge in [-0.15, -0.1) is 0 Å². The summed E-state index contributed by atoms with van der Waals surface area (Å²) in [5, 5.41) is 4.55. The summed E-state index contributed by atoms with van der Waals surface area (Å²) in [6.45, 7) is 4.41. The second-order valence-electron chi connectivity index (χ2n) is 5.79. The number of nitrogens with zero attached hydrogens (tertiary/aromatic N) is 1. The number of aryl methyl sites for hydroxylation is 2. The molecule has 1 N–H and O–H groups in total. The normalized spacial score (nSPS) is 21.3. The Morgan fingerprint density at radius 2 is 2.06 bits per heavy atom. The summed E-state index contributed by atoms with van der Waals surface area (Å²) >= 11 is 1.83. The molecule has 1 aromatic carbocycles. The van der Waals surface area contributed by atoms with E-state index in [2.05, 4.69) is 37.4 Å². The number of hydrogen-bond donors (Lipinski definition) is 1. The molecule has 0 spiro atoms. The van der Waals surface area contributed by atoms with Crippen LogP contribution in [0.2, 0.25) is 0 Å². The van der Waals surface area contributed by atoms with Gasteiger partial charge in [-0.1, -0.05) is 17.8 Å². The van der Waals surface area contributed by atoms with Crippen molar-refractivity contribution < 1.29 is 0 Å². The van der Waals surface area contributed by atoms with Gasteiger partial charge in [-0.2, -0.15) is 0 Å². The summed E-state index contributed by atoms with van der Waals surface area (Å²) in [6, 6.07) is 6.76. The van der Waals surface area contributed by atoms with Gasteiger partial charge in [0.15, 0.2) is 5.17 Å². The predicted molar refractivity (Wildman–Crippen MR) is 80.7 cm³/mol. The van der Waals surface area contributed by atoms with Crippen LogP contribution in [0, 0.1) is 0 Å². The fourth-order valence-electron chi connectivity index (χ4n) is 2.60. The van der Waals surface area contributed by atoms with Crippen LogP contribution in [0.5, 0.6) is 0 Å². The van der Waals surface area contributed by atoms with Crippen LogP contribution in [0.25, 0.3) is 0 Å². The van der Waals surface area contributed by atoms with E-state index in [0.29, 0.717) is 0 Å². The van der Waals surface area contributed by atoms with Crippen molar-refractivity contribution in [3.63, 3.8) is 0 Å². The third-order valence-electron chi connectivity index (χ3n) is 3.71. The van der Waals surface area contributed by atoms with E-state index in [9.17, 15) is 0 Å². The van der Waals surface area contributed by atoms with Crippen molar-refractivity contribution in [2.24, 2.45) is 4.99 Å². The SMILES string of the molecule is CC1(C)CCSC(Nc2ccc3c(c2)CCC3)=N1. The topological polar surface area (TPSA) is 24.4 Å². The lowest BCUT2D eigenvalue weighted by molar-refractivity contribution is 0.507. The van der Waals surface area contributed by atoms with Crippen LogP contribution < -0.4 is 5.32 Å². The van der Waals surface area contributed by atoms with Crippen molar-refractivity contribution in [2.75, 3.05) is 11.1 Å². The number of rotatable bonds is 1. The Morgan fingerprint density at radius 3 is 2.89 bits per heavy atom. The van der Waals surface area contributed by atoms with Crippen molar-refractivity contribution in [3.05, 3.63) is 29.3 Å². The Bertz CT molecular complexity index is 491. The molecule has 2 aliphatic rings. The van der Waals surface area contributed by atoms with Gasteiger partial charge in [-0.3, -0.25) is 4.99 Å². The van der Waals surface area contributed by atoms with Crippen molar-refractivity contribution in [2.45, 2.75) is 45.1 Å². The molecular weight excluding hydrogens is 240 g/mol. The van der Waals surface area contributed by atoms with E-state index in [4.69, 9.17) is 4.99 Å². The van der Waals surface area contributed by atoms with Crippen LogP contribution in [0.15, 0.2) is 23.2 Å². The number of hydrogen-bond acceptors (Lipinski definition) is 3. The molecule has 0 fully saturated rings. The van der Waals surface area contributed by atoms with E-state index in [0.717, 1.165) is 17.3 Å². The lowest BCUT2D eigenvalue weighted by atomic mass is 10.0. The number of thioether (sulfide) groups is 1. The van der Waals surface area contributed by atoms with Crippen LogP contribution in [-0.2, 0) is 12.8 Å². The van der Waals surface area contributed by atoms with E-state index in [-0.39, 0.29) is 5.54 Å². The molecule has 1 aliphatic carbocycles. The molecule has 2 nitrogen and oxygen atoms in total. The minimum atomic E-state index is 0.0876. The molecule has 0 atom stereocenters. The molecule has 1 aromatic rings. The van der Waals surface area contributed by atoms with Crippen LogP contribution >= 0.6 is 11.8 Å². The third kappa shape index (κ3) is 2.56. The maximum atomic E-state index is 4.77. The summed E-state index contributed by atoms with van der Waals surface area (Å²) in [4.78, 5) is 4.77. The number of amidine groups is 1. The fraction of sp³-hybridized carbons (Fsp3) is 0.533. The van der Waals surface area contributed by atoms with Crippen LogP contribution in [-0.4, -0.2) is 16.5 Å². The zero-order valence-electron chi connectivity index (χ0n) is 11.1. The summed E-state index contributed by atoms with van der Waals surface area (Å²) in [7, 11) is 0. The zero-order valence-corrected chi connectivity index (χ0v) is 11.9. The molecule has 1 aliphatic heterocycles. The highest BCUT2D eigenvalue weighted by atomic mass is 32.2. The van der Waals surface area contributed by atoms with Crippen LogP contribution in [0.1, 0.15) is 37.8 Å². The van der Waals surface area contributed by atoms with Crippen molar-refractivity contribution in [3.8, 4) is 0 Å². The first kappa shape index (κ1) is 12.1. The molecule has 18 heavy (non-hydrogen) atoms. The quantitative estimate of drug-likeness (QED) is 0.829. The monoisotopic (exact) mass is 260 g/mol. The fourth-order valence-corrected chi connectivity index (χ4v) is 3.89. The molecule has 3 heteroatoms. The molecule has 0 saturated heterocycles. The smallest absolute Gasteiger partial charge is 0.161 e. The van der Waals surface area contributed by atoms with Crippen molar-refractivity contribution >= 4 is 22.6 Å². The van der Waals surface area contributed by atoms with Gasteiger partial charge in [-0.25, -0.2) is 0 Å². The van der Waals surface area contributed by atoms with Gasteiger partial charge in [0.05, 0.1) is 5.54 Å². The summed E-state index contributed by atoms with van der Waals surface area (Å²) in [6.07, 6.45) is 4.95. The summed E-state index contributed by atoms with van der Waals surface area (Å²) < 4.78 is 0. The second kappa shape index (κ2) is 4.61. The minimum absolute atomic E-state index is 0.0876. The third-order valence-corrected chi connectivity index (χ3v) is 4.58. The second-order valence-corrected chi connectivity index (χ2v) is 6.87. The largest absolute Gasteiger partial charge is 0.335 e. The maximum absolute atomic E-state index is 4.77. The molecule has 0 unspecified atom stereocenters. The van der Waals surface area contributed by atoms with E-state index >= 15 is 0 Å². The van der Waals surface area contributed by atoms with Gasteiger partial charge in [-0.05, 0) is 62.8 Å². The molecule has 0 aromatic heterocycles. The number of anilines is 1. The zero-order chi connectivity index (χ0) is 12.6. The maximum Gasteiger partial charge on any atom is 0.161 e. The average Bonchev–Trinajstić information content (AvgIpc) is 2.74. The summed E-state index contributed by atoms with van der Waals surface area (Å²) in [5.41, 5.74) is 4.32. The minimum Gasteiger partial charge on any atom is -0.335 e. The number of aliphatic imine (C=N–C) groups is 1. The first-order valence-corrected chi connectivity index (χ1v) is 7.72. The predicted octanol–water partition coefficient (Wildman–Crippen LogP) is 3.86. The van der Waals surface area contributed by atoms with E-state index in [1.165, 1.54) is 36.1 Å². The molecule has 96 valence electrons. The summed E-state index contributed by atoms with van der Waals surface area (Å²) in [5.74, 6) is 1.16. The molecule has 1 heterocycles. The average molecular weight is 260 g/mol. The van der Waals surface area contributed by atoms with Gasteiger partial charge in [0.2, 0.25) is 0 Å². The van der Waals surface area contributed by atoms with E-state index < -0.39 is 0 Å². The van der Waals surface area contributed by atoms with Gasteiger partial charge in [0.1, 0.15) is 0 Å². The molecule has 3 rings (SSSR count). The Labute approximate surface area is 113 Å². The van der Waals surface area contributed by atoms with Crippen molar-refractivity contribution in [1.29, 1.82) is 0 Å². The van der Waals surface area contributed by atoms with Gasteiger partial charge >= 0.3 is 0 Å². The number of nitrogens with one attached hydrogen (secondary N) is 1. The highest BCUT2D eigenvalue weighted by Gasteiger charge is 2.22. The Kier molecular flexibility index (Phi) is 3.10. The van der Waals surface area contributed by atoms with Crippen molar-refractivity contribution in [1.82, 2.24) is 0 Å². The van der Waals surface area contributed by atoms with Gasteiger partial charge in [0, 0.05) is 11.4 Å². The Hall–Kier alpha value is -0.960. The van der Waals surface area contributed by atoms with E-state index in [1.807, 2.05) is 11.8 Å². The van der Waals surface area contributed by atoms with Gasteiger partial charge in [0.25, 0.3) is 0 Å². The van der Waals surface area contributed by atoms with Gasteiger partial charge < -0.3 is 5.32 Å². The highest BCUT2D eigenvalue weighted by Crippen LogP contribution is 2.29. The molecule has 0 saturated carbocycles. The Balaban J connectivity index is 1.79. The lowest BCUT2D eigenvalue weighted by Crippen LogP contribution is -2.27. The van der Waals surface area contributed by atoms with E-state index in [1.54, 1.807) is 0 Å². The molecule has 0 amide bonds. The van der Waals surface area contributed by atoms with Crippen LogP contribution in [0.3, 0.4) is 0 Å². The lowest BCUT2D eigenvalue weighted by Gasteiger charge is -2.26. The molecule has 0 radical (unpaired) electrons. The standard InChI is InChI=1S/C15H20N2S/c1-15(2)8-9-18-14(17-15)16-13-7-6-11-4-3-5-12(11)10-13/h6-7,10H,3-5,8-9H2,1-2H3,(H,16,17). The first-order valence-electron chi connectivity index (χ1n) is 6.74. The highest BCUT2D eigenvalue weighted by molar-refractivity contribution is 8.14.